The van der Waals surface area contributed by atoms with Gasteiger partial charge >= 0.3 is 5.97 Å². The van der Waals surface area contributed by atoms with Crippen molar-refractivity contribution in [1.82, 2.24) is 9.88 Å². The first-order chi connectivity index (χ1) is 12.5. The molecular formula is C19H22N2O5. The van der Waals surface area contributed by atoms with Crippen LogP contribution in [0.5, 0.6) is 11.5 Å². The summed E-state index contributed by atoms with van der Waals surface area (Å²) in [6.07, 6.45) is 1.70. The third-order valence-corrected chi connectivity index (χ3v) is 4.94. The minimum absolute atomic E-state index is 0.157. The number of benzene rings is 1. The Labute approximate surface area is 151 Å². The zero-order chi connectivity index (χ0) is 18.8. The molecule has 0 radical (unpaired) electrons. The first kappa shape index (κ1) is 17.8. The number of hydrogen-bond donors (Lipinski definition) is 2. The number of para-hydroxylation sites is 1. The number of nitrogens with one attached hydrogen (secondary N) is 1. The summed E-state index contributed by atoms with van der Waals surface area (Å²) in [7, 11) is 3.06. The lowest BCUT2D eigenvalue weighted by atomic mass is 9.88. The van der Waals surface area contributed by atoms with Gasteiger partial charge in [-0.3, -0.25) is 9.59 Å². The number of amides is 1. The van der Waals surface area contributed by atoms with Crippen LogP contribution in [0.1, 0.15) is 27.5 Å². The van der Waals surface area contributed by atoms with Crippen molar-refractivity contribution in [2.45, 2.75) is 12.8 Å². The summed E-state index contributed by atoms with van der Waals surface area (Å²) in [4.78, 5) is 29.2. The van der Waals surface area contributed by atoms with Crippen LogP contribution in [0.3, 0.4) is 0 Å². The molecule has 2 N–H and O–H groups in total. The molecule has 2 atom stereocenters. The summed E-state index contributed by atoms with van der Waals surface area (Å²) in [6.45, 7) is 2.29. The first-order valence-electron chi connectivity index (χ1n) is 8.34. The summed E-state index contributed by atoms with van der Waals surface area (Å²) in [5.74, 6) is -1.13. The van der Waals surface area contributed by atoms with E-state index >= 15 is 0 Å². The summed E-state index contributed by atoms with van der Waals surface area (Å²) >= 11 is 0. The van der Waals surface area contributed by atoms with Crippen molar-refractivity contribution in [2.24, 2.45) is 5.92 Å². The van der Waals surface area contributed by atoms with Crippen LogP contribution in [0, 0.1) is 12.8 Å². The maximum Gasteiger partial charge on any atom is 0.308 e. The van der Waals surface area contributed by atoms with E-state index in [1.54, 1.807) is 29.3 Å². The van der Waals surface area contributed by atoms with Crippen LogP contribution in [0.15, 0.2) is 30.5 Å². The largest absolute Gasteiger partial charge is 0.493 e. The molecule has 7 heteroatoms. The fourth-order valence-corrected chi connectivity index (χ4v) is 3.59. The highest BCUT2D eigenvalue weighted by molar-refractivity contribution is 5.96. The molecule has 7 nitrogen and oxygen atoms in total. The third kappa shape index (κ3) is 3.00. The molecule has 1 aromatic heterocycles. The Bertz CT molecular complexity index is 829. The third-order valence-electron chi connectivity index (χ3n) is 4.94. The van der Waals surface area contributed by atoms with E-state index in [2.05, 4.69) is 4.98 Å². The molecule has 1 aromatic carbocycles. The standard InChI is InChI=1S/C19H22N2O5/c1-11-12(7-8-20-11)18(22)21-9-14(15(10-21)19(23)24)13-5-4-6-16(25-2)17(13)26-3/h4-8,14-15,20H,9-10H2,1-3H3,(H,23,24)/t14-,15+/m1/s1. The molecule has 0 bridgehead atoms. The Morgan fingerprint density at radius 3 is 2.54 bits per heavy atom. The van der Waals surface area contributed by atoms with Crippen molar-refractivity contribution in [2.75, 3.05) is 27.3 Å². The van der Waals surface area contributed by atoms with Gasteiger partial charge in [-0.2, -0.15) is 0 Å². The highest BCUT2D eigenvalue weighted by Crippen LogP contribution is 2.42. The fraction of sp³-hybridized carbons (Fsp3) is 0.368. The van der Waals surface area contributed by atoms with E-state index in [4.69, 9.17) is 9.47 Å². The van der Waals surface area contributed by atoms with Gasteiger partial charge in [-0.25, -0.2) is 0 Å². The maximum absolute atomic E-state index is 12.8. The molecule has 1 aliphatic rings. The molecule has 2 aromatic rings. The normalized spacial score (nSPS) is 19.4. The van der Waals surface area contributed by atoms with Crippen LogP contribution in [-0.4, -0.2) is 54.2 Å². The molecule has 3 rings (SSSR count). The second kappa shape index (κ2) is 7.11. The van der Waals surface area contributed by atoms with Crippen molar-refractivity contribution < 1.29 is 24.2 Å². The van der Waals surface area contributed by atoms with Crippen LogP contribution >= 0.6 is 0 Å². The lowest BCUT2D eigenvalue weighted by Crippen LogP contribution is -2.30. The van der Waals surface area contributed by atoms with Crippen LogP contribution in [0.25, 0.3) is 0 Å². The second-order valence-electron chi connectivity index (χ2n) is 6.36. The number of carboxylic acids is 1. The van der Waals surface area contributed by atoms with Crippen LogP contribution in [0.2, 0.25) is 0 Å². The summed E-state index contributed by atoms with van der Waals surface area (Å²) in [5.41, 5.74) is 2.07. The van der Waals surface area contributed by atoms with E-state index in [0.29, 0.717) is 23.6 Å². The quantitative estimate of drug-likeness (QED) is 0.855. The van der Waals surface area contributed by atoms with Gasteiger partial charge < -0.3 is 24.5 Å². The number of methoxy groups -OCH3 is 2. The monoisotopic (exact) mass is 358 g/mol. The van der Waals surface area contributed by atoms with Crippen molar-refractivity contribution in [3.05, 3.63) is 47.3 Å². The van der Waals surface area contributed by atoms with Crippen LogP contribution < -0.4 is 9.47 Å². The number of aryl methyl sites for hydroxylation is 1. The minimum Gasteiger partial charge on any atom is -0.493 e. The fourth-order valence-electron chi connectivity index (χ4n) is 3.59. The number of ether oxygens (including phenoxy) is 2. The first-order valence-corrected chi connectivity index (χ1v) is 8.34. The number of rotatable bonds is 5. The average Bonchev–Trinajstić information content (AvgIpc) is 3.26. The SMILES string of the molecule is COc1cccc([C@H]2CN(C(=O)c3cc[nH]c3C)C[C@@H]2C(=O)O)c1OC. The van der Waals surface area contributed by atoms with Gasteiger partial charge in [0.2, 0.25) is 0 Å². The molecule has 0 aliphatic carbocycles. The zero-order valence-electron chi connectivity index (χ0n) is 15.0. The molecule has 1 aliphatic heterocycles. The van der Waals surface area contributed by atoms with Gasteiger partial charge in [-0.1, -0.05) is 12.1 Å². The van der Waals surface area contributed by atoms with Gasteiger partial charge in [0.1, 0.15) is 0 Å². The lowest BCUT2D eigenvalue weighted by molar-refractivity contribution is -0.141. The number of aromatic amines is 1. The predicted molar refractivity (Wildman–Crippen MR) is 94.8 cm³/mol. The Morgan fingerprint density at radius 1 is 1.19 bits per heavy atom. The maximum atomic E-state index is 12.8. The van der Waals surface area contributed by atoms with Crippen molar-refractivity contribution in [3.63, 3.8) is 0 Å². The molecule has 138 valence electrons. The van der Waals surface area contributed by atoms with Crippen LogP contribution in [-0.2, 0) is 4.79 Å². The molecule has 0 saturated carbocycles. The number of carbonyl (C=O) groups is 2. The predicted octanol–water partition coefficient (Wildman–Crippen LogP) is 2.28. The highest BCUT2D eigenvalue weighted by atomic mass is 16.5. The number of hydrogen-bond acceptors (Lipinski definition) is 4. The number of carboxylic acid groups (broad SMARTS) is 1. The van der Waals surface area contributed by atoms with Gasteiger partial charge in [0.05, 0.1) is 25.7 Å². The number of aromatic nitrogens is 1. The smallest absolute Gasteiger partial charge is 0.308 e. The van der Waals surface area contributed by atoms with Crippen LogP contribution in [0.4, 0.5) is 0 Å². The van der Waals surface area contributed by atoms with Gasteiger partial charge in [-0.15, -0.1) is 0 Å². The van der Waals surface area contributed by atoms with E-state index in [9.17, 15) is 14.7 Å². The number of likely N-dealkylation sites (tertiary alicyclic amines) is 1. The molecule has 1 amide bonds. The minimum atomic E-state index is -0.930. The molecule has 1 saturated heterocycles. The number of aliphatic carboxylic acids is 1. The molecule has 0 spiro atoms. The highest BCUT2D eigenvalue weighted by Gasteiger charge is 2.42. The summed E-state index contributed by atoms with van der Waals surface area (Å²) < 4.78 is 10.8. The van der Waals surface area contributed by atoms with E-state index in [0.717, 1.165) is 11.3 Å². The number of nitrogens with zero attached hydrogens (tertiary/aromatic N) is 1. The second-order valence-corrected chi connectivity index (χ2v) is 6.36. The van der Waals surface area contributed by atoms with Gasteiger partial charge in [-0.05, 0) is 19.1 Å². The lowest BCUT2D eigenvalue weighted by Gasteiger charge is -2.20. The molecule has 0 unspecified atom stereocenters. The number of H-pyrrole nitrogens is 1. The van der Waals surface area contributed by atoms with Gasteiger partial charge in [0.25, 0.3) is 5.91 Å². The van der Waals surface area contributed by atoms with Crippen molar-refractivity contribution >= 4 is 11.9 Å². The Balaban J connectivity index is 1.96. The topological polar surface area (TPSA) is 91.9 Å². The van der Waals surface area contributed by atoms with E-state index in [1.807, 2.05) is 13.0 Å². The summed E-state index contributed by atoms with van der Waals surface area (Å²) in [5, 5.41) is 9.70. The van der Waals surface area contributed by atoms with Crippen molar-refractivity contribution in [1.29, 1.82) is 0 Å². The molecule has 1 fully saturated rings. The van der Waals surface area contributed by atoms with Crippen molar-refractivity contribution in [3.8, 4) is 11.5 Å². The van der Waals surface area contributed by atoms with E-state index in [-0.39, 0.29) is 18.4 Å². The Morgan fingerprint density at radius 2 is 1.96 bits per heavy atom. The Kier molecular flexibility index (Phi) is 4.88. The zero-order valence-corrected chi connectivity index (χ0v) is 15.0. The van der Waals surface area contributed by atoms with E-state index < -0.39 is 11.9 Å². The Hall–Kier alpha value is -2.96. The molecule has 2 heterocycles. The molecular weight excluding hydrogens is 336 g/mol. The average molecular weight is 358 g/mol. The van der Waals surface area contributed by atoms with Gasteiger partial charge in [0, 0.05) is 36.5 Å². The summed E-state index contributed by atoms with van der Waals surface area (Å²) in [6, 6.07) is 7.11. The number of carbonyl (C=O) groups excluding carboxylic acids is 1. The molecule has 26 heavy (non-hydrogen) atoms. The van der Waals surface area contributed by atoms with E-state index in [1.165, 1.54) is 14.2 Å². The van der Waals surface area contributed by atoms with Gasteiger partial charge in [0.15, 0.2) is 11.5 Å².